The van der Waals surface area contributed by atoms with Crippen LogP contribution in [0.5, 0.6) is 5.75 Å². The molecule has 2 aliphatic rings. The van der Waals surface area contributed by atoms with E-state index in [0.717, 1.165) is 37.4 Å². The van der Waals surface area contributed by atoms with Gasteiger partial charge in [0.05, 0.1) is 13.7 Å². The van der Waals surface area contributed by atoms with Gasteiger partial charge in [0, 0.05) is 25.6 Å². The predicted molar refractivity (Wildman–Crippen MR) is 92.5 cm³/mol. The quantitative estimate of drug-likeness (QED) is 0.926. The summed E-state index contributed by atoms with van der Waals surface area (Å²) in [5.74, 6) is 2.12. The summed E-state index contributed by atoms with van der Waals surface area (Å²) >= 11 is 0. The van der Waals surface area contributed by atoms with Crippen LogP contribution in [0.1, 0.15) is 35.7 Å². The maximum absolute atomic E-state index is 12.5. The lowest BCUT2D eigenvalue weighted by Gasteiger charge is -2.30. The van der Waals surface area contributed by atoms with E-state index in [1.54, 1.807) is 13.4 Å². The molecule has 0 saturated heterocycles. The van der Waals surface area contributed by atoms with Gasteiger partial charge in [0.1, 0.15) is 12.1 Å². The van der Waals surface area contributed by atoms with Gasteiger partial charge in [-0.2, -0.15) is 0 Å². The molecule has 1 aromatic heterocycles. The van der Waals surface area contributed by atoms with E-state index in [1.807, 2.05) is 15.5 Å². The first-order valence-electron chi connectivity index (χ1n) is 8.81. The van der Waals surface area contributed by atoms with E-state index < -0.39 is 0 Å². The van der Waals surface area contributed by atoms with Gasteiger partial charge < -0.3 is 19.5 Å². The van der Waals surface area contributed by atoms with Crippen molar-refractivity contribution in [2.45, 2.75) is 38.3 Å². The van der Waals surface area contributed by atoms with Crippen LogP contribution in [0.4, 0.5) is 4.79 Å². The number of ether oxygens (including phenoxy) is 1. The van der Waals surface area contributed by atoms with Gasteiger partial charge in [0.2, 0.25) is 0 Å². The Balaban J connectivity index is 1.38. The molecule has 2 aromatic rings. The highest BCUT2D eigenvalue weighted by Gasteiger charge is 2.24. The molecule has 1 aromatic carbocycles. The fraction of sp³-hybridized carbons (Fsp3) is 0.500. The Bertz CT molecular complexity index is 773. The van der Waals surface area contributed by atoms with Crippen molar-refractivity contribution in [2.75, 3.05) is 20.2 Å². The number of rotatable bonds is 3. The molecule has 1 aliphatic carbocycles. The number of fused-ring (bicyclic) bond motifs is 2. The lowest BCUT2D eigenvalue weighted by Crippen LogP contribution is -2.45. The second kappa shape index (κ2) is 6.74. The number of hydrogen-bond donors (Lipinski definition) is 1. The summed E-state index contributed by atoms with van der Waals surface area (Å²) in [6, 6.07) is 6.26. The van der Waals surface area contributed by atoms with Crippen LogP contribution < -0.4 is 10.1 Å². The highest BCUT2D eigenvalue weighted by Crippen LogP contribution is 2.33. The molecule has 0 unspecified atom stereocenters. The van der Waals surface area contributed by atoms with Crippen molar-refractivity contribution in [3.05, 3.63) is 41.5 Å². The van der Waals surface area contributed by atoms with Crippen LogP contribution in [0.25, 0.3) is 0 Å². The number of nitrogens with one attached hydrogen (secondary N) is 1. The van der Waals surface area contributed by atoms with Crippen LogP contribution in [0.3, 0.4) is 0 Å². The van der Waals surface area contributed by atoms with E-state index in [1.165, 1.54) is 11.1 Å². The normalized spacial score (nSPS) is 19.1. The minimum Gasteiger partial charge on any atom is -0.497 e. The fourth-order valence-corrected chi connectivity index (χ4v) is 3.79. The van der Waals surface area contributed by atoms with Gasteiger partial charge in [-0.3, -0.25) is 0 Å². The Morgan fingerprint density at radius 1 is 1.40 bits per heavy atom. The predicted octanol–water partition coefficient (Wildman–Crippen LogP) is 1.93. The monoisotopic (exact) mass is 341 g/mol. The molecule has 132 valence electrons. The number of carbonyl (C=O) groups excluding carboxylic acids is 1. The van der Waals surface area contributed by atoms with Crippen molar-refractivity contribution >= 4 is 6.03 Å². The Morgan fingerprint density at radius 3 is 3.20 bits per heavy atom. The number of amides is 2. The van der Waals surface area contributed by atoms with Crippen molar-refractivity contribution in [3.63, 3.8) is 0 Å². The molecule has 0 radical (unpaired) electrons. The molecule has 0 fully saturated rings. The number of carbonyl (C=O) groups is 1. The first-order chi connectivity index (χ1) is 12.2. The number of nitrogens with zero attached hydrogens (tertiary/aromatic N) is 4. The van der Waals surface area contributed by atoms with Gasteiger partial charge in [-0.25, -0.2) is 4.79 Å². The zero-order chi connectivity index (χ0) is 17.2. The Labute approximate surface area is 147 Å². The Kier molecular flexibility index (Phi) is 4.29. The van der Waals surface area contributed by atoms with Crippen LogP contribution in [0.2, 0.25) is 0 Å². The van der Waals surface area contributed by atoms with Crippen LogP contribution >= 0.6 is 0 Å². The third-order valence-corrected chi connectivity index (χ3v) is 5.21. The van der Waals surface area contributed by atoms with Crippen LogP contribution in [0.15, 0.2) is 24.5 Å². The van der Waals surface area contributed by atoms with Crippen LogP contribution in [0, 0.1) is 0 Å². The Morgan fingerprint density at radius 2 is 2.32 bits per heavy atom. The van der Waals surface area contributed by atoms with E-state index in [-0.39, 0.29) is 6.03 Å². The first kappa shape index (κ1) is 15.9. The van der Waals surface area contributed by atoms with E-state index >= 15 is 0 Å². The zero-order valence-corrected chi connectivity index (χ0v) is 14.4. The molecule has 1 atom stereocenters. The second-order valence-electron chi connectivity index (χ2n) is 6.70. The maximum Gasteiger partial charge on any atom is 0.317 e. The summed E-state index contributed by atoms with van der Waals surface area (Å²) in [6.45, 7) is 2.63. The molecular weight excluding hydrogens is 318 g/mol. The lowest BCUT2D eigenvalue weighted by atomic mass is 9.82. The average Bonchev–Trinajstić information content (AvgIpc) is 3.13. The van der Waals surface area contributed by atoms with Gasteiger partial charge in [-0.15, -0.1) is 10.2 Å². The highest BCUT2D eigenvalue weighted by molar-refractivity contribution is 5.74. The summed E-state index contributed by atoms with van der Waals surface area (Å²) in [6.07, 6.45) is 5.05. The summed E-state index contributed by atoms with van der Waals surface area (Å²) in [5, 5.41) is 11.1. The number of aromatic nitrogens is 3. The van der Waals surface area contributed by atoms with E-state index in [9.17, 15) is 4.79 Å². The Hall–Kier alpha value is -2.57. The molecule has 0 saturated carbocycles. The standard InChI is InChI=1S/C18H23N5O2/c1-25-15-5-6-16-13(9-15)3-2-4-14(16)10-19-18(24)22-7-8-23-12-20-21-17(23)11-22/h5-6,9,12,14H,2-4,7-8,10-11H2,1H3,(H,19,24)/t14-/m0/s1. The fourth-order valence-electron chi connectivity index (χ4n) is 3.79. The molecule has 2 amide bonds. The summed E-state index contributed by atoms with van der Waals surface area (Å²) < 4.78 is 7.32. The van der Waals surface area contributed by atoms with E-state index in [4.69, 9.17) is 4.74 Å². The zero-order valence-electron chi connectivity index (χ0n) is 14.4. The third-order valence-electron chi connectivity index (χ3n) is 5.21. The number of methoxy groups -OCH3 is 1. The SMILES string of the molecule is COc1ccc2c(c1)CCC[C@H]2CNC(=O)N1CCn2cnnc2C1. The smallest absolute Gasteiger partial charge is 0.317 e. The maximum atomic E-state index is 12.5. The van der Waals surface area contributed by atoms with Crippen molar-refractivity contribution in [2.24, 2.45) is 0 Å². The van der Waals surface area contributed by atoms with E-state index in [0.29, 0.717) is 25.6 Å². The molecule has 4 rings (SSSR count). The molecule has 7 heteroatoms. The van der Waals surface area contributed by atoms with E-state index in [2.05, 4.69) is 27.6 Å². The molecule has 25 heavy (non-hydrogen) atoms. The minimum atomic E-state index is -0.0186. The third kappa shape index (κ3) is 3.18. The number of hydrogen-bond acceptors (Lipinski definition) is 4. The number of urea groups is 1. The van der Waals surface area contributed by atoms with Gasteiger partial charge in [-0.05, 0) is 42.5 Å². The van der Waals surface area contributed by atoms with Gasteiger partial charge >= 0.3 is 6.03 Å². The average molecular weight is 341 g/mol. The molecule has 2 heterocycles. The van der Waals surface area contributed by atoms with Crippen molar-refractivity contribution < 1.29 is 9.53 Å². The summed E-state index contributed by atoms with van der Waals surface area (Å²) in [7, 11) is 1.70. The van der Waals surface area contributed by atoms with Gasteiger partial charge in [0.25, 0.3) is 0 Å². The summed E-state index contributed by atoms with van der Waals surface area (Å²) in [4.78, 5) is 14.3. The summed E-state index contributed by atoms with van der Waals surface area (Å²) in [5.41, 5.74) is 2.68. The minimum absolute atomic E-state index is 0.0186. The first-order valence-corrected chi connectivity index (χ1v) is 8.81. The van der Waals surface area contributed by atoms with Crippen molar-refractivity contribution in [3.8, 4) is 5.75 Å². The second-order valence-corrected chi connectivity index (χ2v) is 6.70. The number of benzene rings is 1. The van der Waals surface area contributed by atoms with Crippen molar-refractivity contribution in [1.29, 1.82) is 0 Å². The molecular formula is C18H23N5O2. The lowest BCUT2D eigenvalue weighted by molar-refractivity contribution is 0.181. The van der Waals surface area contributed by atoms with Gasteiger partial charge in [0.15, 0.2) is 5.82 Å². The van der Waals surface area contributed by atoms with Crippen LogP contribution in [-0.4, -0.2) is 45.9 Å². The molecule has 1 aliphatic heterocycles. The topological polar surface area (TPSA) is 72.3 Å². The molecule has 0 bridgehead atoms. The van der Waals surface area contributed by atoms with Crippen LogP contribution in [-0.2, 0) is 19.5 Å². The molecule has 7 nitrogen and oxygen atoms in total. The van der Waals surface area contributed by atoms with Gasteiger partial charge in [-0.1, -0.05) is 6.07 Å². The largest absolute Gasteiger partial charge is 0.497 e. The highest BCUT2D eigenvalue weighted by atomic mass is 16.5. The number of aryl methyl sites for hydroxylation is 1. The molecule has 0 spiro atoms. The molecule has 1 N–H and O–H groups in total. The van der Waals surface area contributed by atoms with Crippen molar-refractivity contribution in [1.82, 2.24) is 25.0 Å².